The van der Waals surface area contributed by atoms with Crippen molar-refractivity contribution < 1.29 is 14.4 Å². The number of rotatable bonds is 4. The second-order valence-corrected chi connectivity index (χ2v) is 7.28. The molecule has 1 aliphatic heterocycles. The fourth-order valence-electron chi connectivity index (χ4n) is 3.67. The highest BCUT2D eigenvalue weighted by Gasteiger charge is 2.52. The van der Waals surface area contributed by atoms with Crippen LogP contribution in [0.2, 0.25) is 5.02 Å². The summed E-state index contributed by atoms with van der Waals surface area (Å²) >= 11 is 6.01. The lowest BCUT2D eigenvalue weighted by molar-refractivity contribution is -0.135. The number of nitrogens with two attached hydrogens (primary N) is 1. The number of nitrogens with zero attached hydrogens (tertiary/aromatic N) is 1. The van der Waals surface area contributed by atoms with Gasteiger partial charge in [0.2, 0.25) is 5.78 Å². The fraction of sp³-hybridized carbons (Fsp3) is 0.0870. The smallest absolute Gasteiger partial charge is 0.295 e. The Hall–Kier alpha value is -3.44. The Labute approximate surface area is 172 Å². The van der Waals surface area contributed by atoms with Crippen LogP contribution in [-0.2, 0) is 9.59 Å². The number of amides is 1. The van der Waals surface area contributed by atoms with Crippen molar-refractivity contribution in [3.05, 3.63) is 95.0 Å². The number of benzene rings is 3. The van der Waals surface area contributed by atoms with Gasteiger partial charge in [0.05, 0.1) is 6.04 Å². The molecule has 0 aliphatic carbocycles. The lowest BCUT2D eigenvalue weighted by atomic mass is 9.86. The third-order valence-electron chi connectivity index (χ3n) is 5.01. The predicted molar refractivity (Wildman–Crippen MR) is 112 cm³/mol. The molecule has 1 saturated heterocycles. The summed E-state index contributed by atoms with van der Waals surface area (Å²) in [6, 6.07) is 21.3. The third-order valence-corrected chi connectivity index (χ3v) is 5.26. The first-order valence-electron chi connectivity index (χ1n) is 9.05. The Bertz CT molecular complexity index is 1100. The van der Waals surface area contributed by atoms with Crippen molar-refractivity contribution in [2.75, 3.05) is 10.6 Å². The van der Waals surface area contributed by atoms with Crippen molar-refractivity contribution in [2.24, 2.45) is 5.92 Å². The van der Waals surface area contributed by atoms with E-state index in [0.29, 0.717) is 27.5 Å². The lowest BCUT2D eigenvalue weighted by Crippen LogP contribution is -2.30. The quantitative estimate of drug-likeness (QED) is 0.307. The van der Waals surface area contributed by atoms with E-state index in [0.717, 1.165) is 0 Å². The van der Waals surface area contributed by atoms with Gasteiger partial charge in [-0.15, -0.1) is 0 Å². The lowest BCUT2D eigenvalue weighted by Gasteiger charge is -2.27. The van der Waals surface area contributed by atoms with Gasteiger partial charge < -0.3 is 5.73 Å². The molecule has 1 aliphatic rings. The molecule has 5 nitrogen and oxygen atoms in total. The van der Waals surface area contributed by atoms with Crippen LogP contribution in [0.3, 0.4) is 0 Å². The van der Waals surface area contributed by atoms with E-state index in [9.17, 15) is 14.4 Å². The Morgan fingerprint density at radius 3 is 2.24 bits per heavy atom. The molecule has 29 heavy (non-hydrogen) atoms. The number of anilines is 2. The van der Waals surface area contributed by atoms with Gasteiger partial charge in [-0.2, -0.15) is 0 Å². The van der Waals surface area contributed by atoms with Crippen molar-refractivity contribution >= 4 is 40.4 Å². The minimum Gasteiger partial charge on any atom is -0.399 e. The van der Waals surface area contributed by atoms with Gasteiger partial charge >= 0.3 is 0 Å². The second kappa shape index (κ2) is 7.53. The third kappa shape index (κ3) is 3.41. The van der Waals surface area contributed by atoms with Crippen LogP contribution in [0, 0.1) is 5.92 Å². The van der Waals surface area contributed by atoms with Gasteiger partial charge in [-0.3, -0.25) is 19.3 Å². The van der Waals surface area contributed by atoms with E-state index in [1.54, 1.807) is 66.7 Å². The molecular formula is C23H17ClN2O3. The zero-order chi connectivity index (χ0) is 20.5. The molecule has 2 unspecified atom stereocenters. The average Bonchev–Trinajstić information content (AvgIpc) is 2.99. The van der Waals surface area contributed by atoms with Gasteiger partial charge in [0.15, 0.2) is 5.78 Å². The standard InChI is InChI=1S/C23H17ClN2O3/c24-16-11-9-14(10-12-16)20-19(21(27)15-5-4-6-17(25)13-15)22(28)23(29)26(20)18-7-2-1-3-8-18/h1-13,19-20H,25H2. The molecule has 0 aromatic heterocycles. The molecule has 2 N–H and O–H groups in total. The molecule has 3 aromatic rings. The van der Waals surface area contributed by atoms with E-state index >= 15 is 0 Å². The average molecular weight is 405 g/mol. The number of carbonyl (C=O) groups excluding carboxylic acids is 3. The van der Waals surface area contributed by atoms with Crippen molar-refractivity contribution in [1.82, 2.24) is 0 Å². The van der Waals surface area contributed by atoms with Crippen molar-refractivity contribution in [2.45, 2.75) is 6.04 Å². The summed E-state index contributed by atoms with van der Waals surface area (Å²) in [6.45, 7) is 0. The number of Topliss-reactive ketones (excluding diaryl/α,β-unsaturated/α-hetero) is 2. The number of carbonyl (C=O) groups is 3. The summed E-state index contributed by atoms with van der Waals surface area (Å²) in [6.07, 6.45) is 0. The van der Waals surface area contributed by atoms with Crippen LogP contribution >= 0.6 is 11.6 Å². The van der Waals surface area contributed by atoms with Gasteiger partial charge in [-0.1, -0.05) is 54.1 Å². The molecule has 0 spiro atoms. The van der Waals surface area contributed by atoms with Crippen LogP contribution in [0.25, 0.3) is 0 Å². The topological polar surface area (TPSA) is 80.5 Å². The molecule has 6 heteroatoms. The molecule has 1 fully saturated rings. The van der Waals surface area contributed by atoms with Crippen LogP contribution in [0.15, 0.2) is 78.9 Å². The molecule has 2 atom stereocenters. The van der Waals surface area contributed by atoms with Crippen molar-refractivity contribution in [3.63, 3.8) is 0 Å². The van der Waals surface area contributed by atoms with Crippen molar-refractivity contribution in [1.29, 1.82) is 0 Å². The fourth-order valence-corrected chi connectivity index (χ4v) is 3.80. The molecule has 4 rings (SSSR count). The Kier molecular flexibility index (Phi) is 4.91. The van der Waals surface area contributed by atoms with Crippen LogP contribution in [-0.4, -0.2) is 17.5 Å². The summed E-state index contributed by atoms with van der Waals surface area (Å²) in [5.41, 5.74) is 7.72. The molecule has 144 valence electrons. The van der Waals surface area contributed by atoms with E-state index in [1.807, 2.05) is 6.07 Å². The molecular weight excluding hydrogens is 388 g/mol. The van der Waals surface area contributed by atoms with E-state index < -0.39 is 29.4 Å². The van der Waals surface area contributed by atoms with Crippen molar-refractivity contribution in [3.8, 4) is 0 Å². The van der Waals surface area contributed by atoms with Crippen LogP contribution in [0.5, 0.6) is 0 Å². The molecule has 3 aromatic carbocycles. The normalized spacial score (nSPS) is 18.9. The zero-order valence-electron chi connectivity index (χ0n) is 15.3. The second-order valence-electron chi connectivity index (χ2n) is 6.84. The molecule has 0 radical (unpaired) electrons. The number of hydrogen-bond acceptors (Lipinski definition) is 4. The van der Waals surface area contributed by atoms with Gasteiger partial charge in [0.1, 0.15) is 5.92 Å². The summed E-state index contributed by atoms with van der Waals surface area (Å²) in [4.78, 5) is 40.6. The summed E-state index contributed by atoms with van der Waals surface area (Å²) in [7, 11) is 0. The SMILES string of the molecule is Nc1cccc(C(=O)C2C(=O)C(=O)N(c3ccccc3)C2c2ccc(Cl)cc2)c1. The number of nitrogen functional groups attached to an aromatic ring is 1. The minimum absolute atomic E-state index is 0.296. The van der Waals surface area contributed by atoms with Crippen LogP contribution in [0.4, 0.5) is 11.4 Å². The number of para-hydroxylation sites is 1. The van der Waals surface area contributed by atoms with Gasteiger partial charge in [0, 0.05) is 22.0 Å². The van der Waals surface area contributed by atoms with E-state index in [2.05, 4.69) is 0 Å². The predicted octanol–water partition coefficient (Wildman–Crippen LogP) is 4.08. The molecule has 1 heterocycles. The first-order valence-corrected chi connectivity index (χ1v) is 9.43. The highest BCUT2D eigenvalue weighted by molar-refractivity contribution is 6.49. The van der Waals surface area contributed by atoms with Gasteiger partial charge in [0.25, 0.3) is 5.91 Å². The van der Waals surface area contributed by atoms with Crippen LogP contribution in [0.1, 0.15) is 22.0 Å². The molecule has 0 saturated carbocycles. The maximum absolute atomic E-state index is 13.3. The summed E-state index contributed by atoms with van der Waals surface area (Å²) in [5.74, 6) is -3.06. The maximum atomic E-state index is 13.3. The van der Waals surface area contributed by atoms with Crippen LogP contribution < -0.4 is 10.6 Å². The van der Waals surface area contributed by atoms with E-state index in [1.165, 1.54) is 11.0 Å². The highest BCUT2D eigenvalue weighted by Crippen LogP contribution is 2.41. The Morgan fingerprint density at radius 2 is 1.59 bits per heavy atom. The Morgan fingerprint density at radius 1 is 0.897 bits per heavy atom. The van der Waals surface area contributed by atoms with E-state index in [-0.39, 0.29) is 0 Å². The van der Waals surface area contributed by atoms with Gasteiger partial charge in [-0.25, -0.2) is 0 Å². The largest absolute Gasteiger partial charge is 0.399 e. The summed E-state index contributed by atoms with van der Waals surface area (Å²) in [5, 5.41) is 0.523. The summed E-state index contributed by atoms with van der Waals surface area (Å²) < 4.78 is 0. The highest BCUT2D eigenvalue weighted by atomic mass is 35.5. The molecule has 1 amide bonds. The zero-order valence-corrected chi connectivity index (χ0v) is 16.0. The first-order chi connectivity index (χ1) is 14.0. The van der Waals surface area contributed by atoms with E-state index in [4.69, 9.17) is 17.3 Å². The number of halogens is 1. The maximum Gasteiger partial charge on any atom is 0.295 e. The molecule has 0 bridgehead atoms. The monoisotopic (exact) mass is 404 g/mol. The number of ketones is 2. The van der Waals surface area contributed by atoms with Gasteiger partial charge in [-0.05, 0) is 42.0 Å². The minimum atomic E-state index is -1.18. The Balaban J connectivity index is 1.86. The number of hydrogen-bond donors (Lipinski definition) is 1. The first kappa shape index (κ1) is 18.9.